The third kappa shape index (κ3) is 5.28. The summed E-state index contributed by atoms with van der Waals surface area (Å²) in [5.41, 5.74) is 3.88. The Kier molecular flexibility index (Phi) is 6.57. The Labute approximate surface area is 154 Å². The molecule has 1 aliphatic rings. The number of morpholine rings is 1. The molecule has 1 aliphatic heterocycles. The van der Waals surface area contributed by atoms with Gasteiger partial charge in [-0.3, -0.25) is 14.7 Å². The topological polar surface area (TPSA) is 66.5 Å². The van der Waals surface area contributed by atoms with Crippen LogP contribution in [0.1, 0.15) is 21.5 Å². The van der Waals surface area contributed by atoms with Crippen molar-refractivity contribution in [1.82, 2.24) is 15.2 Å². The van der Waals surface area contributed by atoms with Gasteiger partial charge in [-0.15, -0.1) is 0 Å². The molecule has 3 rings (SSSR count). The van der Waals surface area contributed by atoms with Crippen LogP contribution in [0.25, 0.3) is 0 Å². The molecule has 0 radical (unpaired) electrons. The van der Waals surface area contributed by atoms with Crippen molar-refractivity contribution in [3.63, 3.8) is 0 Å². The lowest BCUT2D eigenvalue weighted by molar-refractivity contribution is 0.0383. The molecule has 1 aromatic carbocycles. The normalized spacial score (nSPS) is 14.8. The molecule has 2 heterocycles. The van der Waals surface area contributed by atoms with Crippen LogP contribution in [-0.4, -0.2) is 55.2 Å². The summed E-state index contributed by atoms with van der Waals surface area (Å²) in [5, 5.41) is 6.31. The predicted molar refractivity (Wildman–Crippen MR) is 102 cm³/mol. The molecule has 1 fully saturated rings. The lowest BCUT2D eigenvalue weighted by Crippen LogP contribution is -2.41. The maximum absolute atomic E-state index is 12.3. The first-order valence-electron chi connectivity index (χ1n) is 9.04. The minimum Gasteiger partial charge on any atom is -0.380 e. The van der Waals surface area contributed by atoms with Gasteiger partial charge in [0.1, 0.15) is 0 Å². The SMILES string of the molecule is Cc1ccccc1CNc1cncc(C(=O)NCCN2CCOCC2)c1. The second-order valence-corrected chi connectivity index (χ2v) is 6.45. The molecule has 0 unspecified atom stereocenters. The highest BCUT2D eigenvalue weighted by Crippen LogP contribution is 2.13. The van der Waals surface area contributed by atoms with Crippen molar-refractivity contribution >= 4 is 11.6 Å². The van der Waals surface area contributed by atoms with E-state index in [1.165, 1.54) is 11.1 Å². The highest BCUT2D eigenvalue weighted by molar-refractivity contribution is 5.94. The van der Waals surface area contributed by atoms with E-state index in [0.29, 0.717) is 18.7 Å². The summed E-state index contributed by atoms with van der Waals surface area (Å²) in [7, 11) is 0. The van der Waals surface area contributed by atoms with Gasteiger partial charge in [-0.2, -0.15) is 0 Å². The molecule has 6 heteroatoms. The van der Waals surface area contributed by atoms with E-state index in [2.05, 4.69) is 39.6 Å². The Morgan fingerprint density at radius 1 is 1.23 bits per heavy atom. The Hall–Kier alpha value is -2.44. The van der Waals surface area contributed by atoms with E-state index in [1.807, 2.05) is 18.2 Å². The summed E-state index contributed by atoms with van der Waals surface area (Å²) in [6.45, 7) is 7.65. The van der Waals surface area contributed by atoms with Crippen LogP contribution in [0.3, 0.4) is 0 Å². The number of amides is 1. The average Bonchev–Trinajstić information content (AvgIpc) is 2.68. The number of hydrogen-bond donors (Lipinski definition) is 2. The first kappa shape index (κ1) is 18.4. The molecule has 0 spiro atoms. The zero-order valence-corrected chi connectivity index (χ0v) is 15.2. The summed E-state index contributed by atoms with van der Waals surface area (Å²) >= 11 is 0. The molecule has 138 valence electrons. The molecule has 1 aromatic heterocycles. The second-order valence-electron chi connectivity index (χ2n) is 6.45. The van der Waals surface area contributed by atoms with Gasteiger partial charge in [0.25, 0.3) is 5.91 Å². The monoisotopic (exact) mass is 354 g/mol. The molecule has 0 aliphatic carbocycles. The van der Waals surface area contributed by atoms with E-state index in [1.54, 1.807) is 12.4 Å². The minimum atomic E-state index is -0.0923. The van der Waals surface area contributed by atoms with Gasteiger partial charge in [0.15, 0.2) is 0 Å². The van der Waals surface area contributed by atoms with E-state index < -0.39 is 0 Å². The van der Waals surface area contributed by atoms with Crippen molar-refractivity contribution in [2.24, 2.45) is 0 Å². The number of anilines is 1. The summed E-state index contributed by atoms with van der Waals surface area (Å²) in [5.74, 6) is -0.0923. The second kappa shape index (κ2) is 9.31. The van der Waals surface area contributed by atoms with Gasteiger partial charge in [0.05, 0.1) is 24.5 Å². The number of ether oxygens (including phenoxy) is 1. The number of pyridine rings is 1. The lowest BCUT2D eigenvalue weighted by Gasteiger charge is -2.26. The highest BCUT2D eigenvalue weighted by atomic mass is 16.5. The fourth-order valence-electron chi connectivity index (χ4n) is 2.92. The number of aromatic nitrogens is 1. The van der Waals surface area contributed by atoms with Crippen LogP contribution in [0.5, 0.6) is 0 Å². The molecule has 0 saturated carbocycles. The van der Waals surface area contributed by atoms with Crippen molar-refractivity contribution in [2.45, 2.75) is 13.5 Å². The summed E-state index contributed by atoms with van der Waals surface area (Å²) in [4.78, 5) is 18.8. The number of carbonyl (C=O) groups is 1. The molecule has 0 bridgehead atoms. The Morgan fingerprint density at radius 3 is 2.85 bits per heavy atom. The molecule has 0 atom stereocenters. The van der Waals surface area contributed by atoms with Gasteiger partial charge in [0, 0.05) is 45.1 Å². The van der Waals surface area contributed by atoms with E-state index in [9.17, 15) is 4.79 Å². The van der Waals surface area contributed by atoms with Gasteiger partial charge in [-0.05, 0) is 24.1 Å². The van der Waals surface area contributed by atoms with Crippen LogP contribution in [-0.2, 0) is 11.3 Å². The summed E-state index contributed by atoms with van der Waals surface area (Å²) in [6, 6.07) is 10.1. The number of aryl methyl sites for hydroxylation is 1. The van der Waals surface area contributed by atoms with E-state index in [-0.39, 0.29) is 5.91 Å². The molecule has 2 N–H and O–H groups in total. The molecular weight excluding hydrogens is 328 g/mol. The number of rotatable bonds is 7. The molecular formula is C20H26N4O2. The van der Waals surface area contributed by atoms with Gasteiger partial charge in [-0.25, -0.2) is 0 Å². The molecule has 6 nitrogen and oxygen atoms in total. The average molecular weight is 354 g/mol. The Balaban J connectivity index is 1.49. The summed E-state index contributed by atoms with van der Waals surface area (Å²) in [6.07, 6.45) is 3.34. The van der Waals surface area contributed by atoms with Crippen LogP contribution >= 0.6 is 0 Å². The van der Waals surface area contributed by atoms with Crippen LogP contribution in [0, 0.1) is 6.92 Å². The summed E-state index contributed by atoms with van der Waals surface area (Å²) < 4.78 is 5.33. The number of nitrogens with one attached hydrogen (secondary N) is 2. The fourth-order valence-corrected chi connectivity index (χ4v) is 2.92. The molecule has 1 amide bonds. The standard InChI is InChI=1S/C20H26N4O2/c1-16-4-2-3-5-17(16)14-23-19-12-18(13-21-15-19)20(25)22-6-7-24-8-10-26-11-9-24/h2-5,12-13,15,23H,6-11,14H2,1H3,(H,22,25). The molecule has 1 saturated heterocycles. The van der Waals surface area contributed by atoms with Crippen molar-refractivity contribution in [1.29, 1.82) is 0 Å². The molecule has 2 aromatic rings. The minimum absolute atomic E-state index is 0.0923. The van der Waals surface area contributed by atoms with Crippen LogP contribution < -0.4 is 10.6 Å². The van der Waals surface area contributed by atoms with E-state index >= 15 is 0 Å². The van der Waals surface area contributed by atoms with Gasteiger partial charge in [0.2, 0.25) is 0 Å². The van der Waals surface area contributed by atoms with Crippen LogP contribution in [0.2, 0.25) is 0 Å². The third-order valence-electron chi connectivity index (χ3n) is 4.56. The van der Waals surface area contributed by atoms with Gasteiger partial charge in [-0.1, -0.05) is 24.3 Å². The van der Waals surface area contributed by atoms with E-state index in [0.717, 1.165) is 38.5 Å². The Morgan fingerprint density at radius 2 is 2.04 bits per heavy atom. The van der Waals surface area contributed by atoms with Crippen LogP contribution in [0.4, 0.5) is 5.69 Å². The van der Waals surface area contributed by atoms with Crippen molar-refractivity contribution in [3.8, 4) is 0 Å². The van der Waals surface area contributed by atoms with Gasteiger partial charge >= 0.3 is 0 Å². The van der Waals surface area contributed by atoms with Crippen molar-refractivity contribution < 1.29 is 9.53 Å². The zero-order chi connectivity index (χ0) is 18.2. The zero-order valence-electron chi connectivity index (χ0n) is 15.2. The first-order chi connectivity index (χ1) is 12.7. The largest absolute Gasteiger partial charge is 0.380 e. The predicted octanol–water partition coefficient (Wildman–Crippen LogP) is 2.06. The first-order valence-corrected chi connectivity index (χ1v) is 9.04. The van der Waals surface area contributed by atoms with Crippen molar-refractivity contribution in [2.75, 3.05) is 44.7 Å². The number of nitrogens with zero attached hydrogens (tertiary/aromatic N) is 2. The van der Waals surface area contributed by atoms with Crippen molar-refractivity contribution in [3.05, 3.63) is 59.4 Å². The lowest BCUT2D eigenvalue weighted by atomic mass is 10.1. The number of benzene rings is 1. The fraction of sp³-hybridized carbons (Fsp3) is 0.400. The van der Waals surface area contributed by atoms with Crippen LogP contribution in [0.15, 0.2) is 42.7 Å². The van der Waals surface area contributed by atoms with E-state index in [4.69, 9.17) is 4.74 Å². The third-order valence-corrected chi connectivity index (χ3v) is 4.56. The molecule has 26 heavy (non-hydrogen) atoms. The highest BCUT2D eigenvalue weighted by Gasteiger charge is 2.11. The number of hydrogen-bond acceptors (Lipinski definition) is 5. The maximum atomic E-state index is 12.3. The van der Waals surface area contributed by atoms with Gasteiger partial charge < -0.3 is 15.4 Å². The smallest absolute Gasteiger partial charge is 0.252 e. The number of carbonyl (C=O) groups excluding carboxylic acids is 1. The maximum Gasteiger partial charge on any atom is 0.252 e. The Bertz CT molecular complexity index is 729. The quantitative estimate of drug-likeness (QED) is 0.797.